The van der Waals surface area contributed by atoms with Crippen LogP contribution in [0.3, 0.4) is 0 Å². The molecule has 368 valence electrons. The zero-order valence-electron chi connectivity index (χ0n) is 40.1. The summed E-state index contributed by atoms with van der Waals surface area (Å²) < 4.78 is 26.9. The summed E-state index contributed by atoms with van der Waals surface area (Å²) in [5.41, 5.74) is 0. The van der Waals surface area contributed by atoms with E-state index < -0.39 is 57.6 Å². The number of esters is 1. The minimum atomic E-state index is -4.78. The van der Waals surface area contributed by atoms with Gasteiger partial charge in [-0.2, -0.15) is 0 Å². The van der Waals surface area contributed by atoms with Crippen LogP contribution < -0.4 is 5.32 Å². The maximum atomic E-state index is 12.3. The number of aliphatic hydroxyl groups excluding tert-OH is 1. The molecule has 0 aromatic carbocycles. The van der Waals surface area contributed by atoms with Crippen molar-refractivity contribution < 1.29 is 47.8 Å². The van der Waals surface area contributed by atoms with Gasteiger partial charge in [0.1, 0.15) is 12.7 Å². The molecule has 1 amide bonds. The fourth-order valence-electron chi connectivity index (χ4n) is 6.67. The van der Waals surface area contributed by atoms with Crippen molar-refractivity contribution in [2.45, 2.75) is 219 Å². The Morgan fingerprint density at radius 2 is 0.906 bits per heavy atom. The van der Waals surface area contributed by atoms with Gasteiger partial charge in [0.05, 0.1) is 13.2 Å². The molecule has 0 aromatic heterocycles. The Kier molecular flexibility index (Phi) is 44.2. The number of carbonyl (C=O) groups excluding carboxylic acids is 2. The number of phosphoric ester groups is 1. The molecule has 0 aliphatic rings. The molecule has 0 bridgehead atoms. The van der Waals surface area contributed by atoms with Crippen LogP contribution in [-0.2, 0) is 32.7 Å². The second-order valence-electron chi connectivity index (χ2n) is 16.6. The highest BCUT2D eigenvalue weighted by atomic mass is 31.2. The summed E-state index contributed by atoms with van der Waals surface area (Å²) in [6.45, 7) is 2.47. The summed E-state index contributed by atoms with van der Waals surface area (Å²) in [5, 5.41) is 21.9. The second-order valence-corrected chi connectivity index (χ2v) is 18.1. The zero-order chi connectivity index (χ0) is 47.0. The second kappa shape index (κ2) is 46.4. The number of rotatable bonds is 46. The van der Waals surface area contributed by atoms with Gasteiger partial charge in [-0.25, -0.2) is 9.36 Å². The first kappa shape index (κ1) is 60.9. The molecule has 0 saturated heterocycles. The first-order chi connectivity index (χ1) is 31.1. The van der Waals surface area contributed by atoms with E-state index in [2.05, 4.69) is 92.1 Å². The summed E-state index contributed by atoms with van der Waals surface area (Å²) in [5.74, 6) is -2.43. The Morgan fingerprint density at radius 1 is 0.516 bits per heavy atom. The van der Waals surface area contributed by atoms with Crippen LogP contribution in [0.1, 0.15) is 206 Å². The Hall–Kier alpha value is -3.08. The third kappa shape index (κ3) is 45.5. The lowest BCUT2D eigenvalue weighted by molar-refractivity contribution is -0.147. The molecule has 0 radical (unpaired) electrons. The van der Waals surface area contributed by atoms with Crippen LogP contribution in [0.2, 0.25) is 0 Å². The van der Waals surface area contributed by atoms with Crippen LogP contribution in [0.15, 0.2) is 72.9 Å². The fourth-order valence-corrected chi connectivity index (χ4v) is 7.44. The highest BCUT2D eigenvalue weighted by molar-refractivity contribution is 7.47. The van der Waals surface area contributed by atoms with Crippen LogP contribution in [0.25, 0.3) is 0 Å². The number of ether oxygens (including phenoxy) is 1. The lowest BCUT2D eigenvalue weighted by atomic mass is 10.0. The standard InChI is InChI=1S/C52H90NO10P/c1-3-5-7-9-11-13-15-17-19-21-23-24-26-27-29-31-33-35-37-39-41-43-50(55)53-49(52(57)58)47-63-64(59,60)62-46-48(54)45-61-51(56)44-42-40-38-36-34-32-30-28-25-22-20-18-16-14-12-10-8-6-4-2/h5,7,11,13,17,19,23-24,27,29,33,35,48-49,54H,3-4,6,8-10,12,14-16,18,20-22,25-26,28,30-32,34,36-47H2,1-2H3,(H,53,55)(H,57,58)(H,59,60)/b7-5-,13-11-,19-17-,24-23-,29-27-,35-33-. The molecule has 12 heteroatoms. The number of aliphatic hydroxyl groups is 1. The Balaban J connectivity index is 3.92. The van der Waals surface area contributed by atoms with Crippen molar-refractivity contribution in [2.24, 2.45) is 0 Å². The van der Waals surface area contributed by atoms with Crippen molar-refractivity contribution in [3.8, 4) is 0 Å². The number of aliphatic carboxylic acids is 1. The van der Waals surface area contributed by atoms with Crippen LogP contribution in [0.4, 0.5) is 0 Å². The number of phosphoric acid groups is 1. The smallest absolute Gasteiger partial charge is 0.472 e. The lowest BCUT2D eigenvalue weighted by Gasteiger charge is -2.18. The molecule has 3 atom stereocenters. The lowest BCUT2D eigenvalue weighted by Crippen LogP contribution is -2.43. The van der Waals surface area contributed by atoms with Crippen LogP contribution in [0, 0.1) is 0 Å². The Labute approximate surface area is 389 Å². The Bertz CT molecular complexity index is 1360. The third-order valence-corrected chi connectivity index (χ3v) is 11.5. The van der Waals surface area contributed by atoms with E-state index in [0.717, 1.165) is 70.6 Å². The molecule has 0 saturated carbocycles. The predicted molar refractivity (Wildman–Crippen MR) is 263 cm³/mol. The molecule has 0 aliphatic carbocycles. The molecule has 0 rings (SSSR count). The largest absolute Gasteiger partial charge is 0.480 e. The maximum Gasteiger partial charge on any atom is 0.472 e. The minimum absolute atomic E-state index is 0.0875. The van der Waals surface area contributed by atoms with E-state index in [1.54, 1.807) is 0 Å². The number of hydrogen-bond donors (Lipinski definition) is 4. The van der Waals surface area contributed by atoms with E-state index >= 15 is 0 Å². The number of carboxylic acid groups (broad SMARTS) is 1. The minimum Gasteiger partial charge on any atom is -0.480 e. The number of allylic oxidation sites excluding steroid dienone is 12. The normalized spacial score (nSPS) is 14.2. The molecule has 4 N–H and O–H groups in total. The molecule has 0 aromatic rings. The van der Waals surface area contributed by atoms with Gasteiger partial charge in [0, 0.05) is 12.8 Å². The van der Waals surface area contributed by atoms with Gasteiger partial charge in [-0.15, -0.1) is 0 Å². The number of hydrogen-bond acceptors (Lipinski definition) is 8. The van der Waals surface area contributed by atoms with Gasteiger partial charge in [0.2, 0.25) is 5.91 Å². The zero-order valence-corrected chi connectivity index (χ0v) is 41.0. The van der Waals surface area contributed by atoms with Crippen LogP contribution in [0.5, 0.6) is 0 Å². The predicted octanol–water partition coefficient (Wildman–Crippen LogP) is 13.7. The maximum absolute atomic E-state index is 12.3. The SMILES string of the molecule is CC/C=C\C/C=C\C/C=C\C/C=C\C/C=C\C/C=C\CCCCC(=O)NC(COP(=O)(O)OCC(O)COC(=O)CCCCCCCCCCCCCCCCCCCCC)C(=O)O. The van der Waals surface area contributed by atoms with Gasteiger partial charge >= 0.3 is 19.8 Å². The highest BCUT2D eigenvalue weighted by Crippen LogP contribution is 2.43. The molecule has 64 heavy (non-hydrogen) atoms. The van der Waals surface area contributed by atoms with Crippen molar-refractivity contribution in [2.75, 3.05) is 19.8 Å². The first-order valence-corrected chi connectivity index (χ1v) is 26.5. The van der Waals surface area contributed by atoms with Crippen molar-refractivity contribution in [1.29, 1.82) is 0 Å². The Morgan fingerprint density at radius 3 is 1.34 bits per heavy atom. The highest BCUT2D eigenvalue weighted by Gasteiger charge is 2.28. The van der Waals surface area contributed by atoms with E-state index in [-0.39, 0.29) is 12.8 Å². The van der Waals surface area contributed by atoms with Crippen molar-refractivity contribution in [3.63, 3.8) is 0 Å². The van der Waals surface area contributed by atoms with Crippen molar-refractivity contribution in [3.05, 3.63) is 72.9 Å². The molecular formula is C52H90NO10P. The van der Waals surface area contributed by atoms with E-state index in [1.165, 1.54) is 96.3 Å². The quantitative estimate of drug-likeness (QED) is 0.0200. The molecule has 3 unspecified atom stereocenters. The van der Waals surface area contributed by atoms with E-state index in [4.69, 9.17) is 13.8 Å². The first-order valence-electron chi connectivity index (χ1n) is 25.0. The van der Waals surface area contributed by atoms with Gasteiger partial charge in [-0.3, -0.25) is 18.6 Å². The van der Waals surface area contributed by atoms with E-state index in [9.17, 15) is 34.1 Å². The number of amides is 1. The number of carbonyl (C=O) groups is 3. The average molecular weight is 920 g/mol. The molecule has 0 fully saturated rings. The van der Waals surface area contributed by atoms with Crippen molar-refractivity contribution >= 4 is 25.7 Å². The molecule has 0 heterocycles. The summed E-state index contributed by atoms with van der Waals surface area (Å²) in [6.07, 6.45) is 56.4. The molecule has 0 spiro atoms. The summed E-state index contributed by atoms with van der Waals surface area (Å²) in [7, 11) is -4.78. The molecule has 11 nitrogen and oxygen atoms in total. The van der Waals surface area contributed by atoms with E-state index in [0.29, 0.717) is 12.8 Å². The average Bonchev–Trinajstić information content (AvgIpc) is 3.27. The van der Waals surface area contributed by atoms with Gasteiger partial charge in [0.15, 0.2) is 6.04 Å². The number of unbranched alkanes of at least 4 members (excludes halogenated alkanes) is 20. The summed E-state index contributed by atoms with van der Waals surface area (Å²) in [4.78, 5) is 46.1. The molecule has 0 aliphatic heterocycles. The fraction of sp³-hybridized carbons (Fsp3) is 0.712. The number of nitrogens with one attached hydrogen (secondary N) is 1. The van der Waals surface area contributed by atoms with Crippen LogP contribution in [-0.4, -0.2) is 64.9 Å². The van der Waals surface area contributed by atoms with Gasteiger partial charge < -0.3 is 25.2 Å². The molecular weight excluding hydrogens is 830 g/mol. The summed E-state index contributed by atoms with van der Waals surface area (Å²) in [6, 6.07) is -1.57. The van der Waals surface area contributed by atoms with Crippen molar-refractivity contribution in [1.82, 2.24) is 5.32 Å². The van der Waals surface area contributed by atoms with Gasteiger partial charge in [-0.05, 0) is 64.2 Å². The summed E-state index contributed by atoms with van der Waals surface area (Å²) >= 11 is 0. The van der Waals surface area contributed by atoms with Gasteiger partial charge in [0.25, 0.3) is 0 Å². The number of carboxylic acids is 1. The topological polar surface area (TPSA) is 169 Å². The van der Waals surface area contributed by atoms with E-state index in [1.807, 2.05) is 0 Å². The third-order valence-electron chi connectivity index (χ3n) is 10.5. The van der Waals surface area contributed by atoms with Crippen LogP contribution >= 0.6 is 7.82 Å². The van der Waals surface area contributed by atoms with Gasteiger partial charge in [-0.1, -0.05) is 202 Å². The monoisotopic (exact) mass is 920 g/mol.